The summed E-state index contributed by atoms with van der Waals surface area (Å²) < 4.78 is 113. The van der Waals surface area contributed by atoms with Gasteiger partial charge in [0.1, 0.15) is 22.9 Å². The van der Waals surface area contributed by atoms with Crippen molar-refractivity contribution in [1.29, 1.82) is 0 Å². The zero-order valence-electron chi connectivity index (χ0n) is 34.1. The predicted molar refractivity (Wildman–Crippen MR) is 251 cm³/mol. The second-order valence-corrected chi connectivity index (χ2v) is 21.8. The van der Waals surface area contributed by atoms with E-state index in [1.807, 2.05) is 0 Å². The molecule has 5 rings (SSSR count). The number of phenols is 1. The molecule has 0 aliphatic rings. The number of hydrogen-bond donors (Lipinski definition) is 6. The van der Waals surface area contributed by atoms with Gasteiger partial charge in [-0.25, -0.2) is 13.1 Å². The van der Waals surface area contributed by atoms with Crippen LogP contribution >= 0.6 is 46.4 Å². The highest BCUT2D eigenvalue weighted by Crippen LogP contribution is 2.37. The van der Waals surface area contributed by atoms with Gasteiger partial charge in [-0.15, -0.1) is 10.2 Å². The molecule has 1 heterocycles. The molecular weight excluding hydrogens is 1010 g/mol. The average molecular weight is 1060 g/mol. The summed E-state index contributed by atoms with van der Waals surface area (Å²) >= 11 is 23.0. The van der Waals surface area contributed by atoms with Crippen molar-refractivity contribution in [2.45, 2.75) is 85.8 Å². The second kappa shape index (κ2) is 22.5. The van der Waals surface area contributed by atoms with E-state index in [9.17, 15) is 48.5 Å². The summed E-state index contributed by atoms with van der Waals surface area (Å²) in [6.07, 6.45) is 10.5. The van der Waals surface area contributed by atoms with Gasteiger partial charge in [0, 0.05) is 23.2 Å². The van der Waals surface area contributed by atoms with Crippen LogP contribution < -0.4 is 19.8 Å². The smallest absolute Gasteiger partial charge is 0.316 e. The molecule has 65 heavy (non-hydrogen) atoms. The SMILES string of the molecule is CCCCCCCCCCCCS(=O)(=O)c1ccc(Nc2[nH]n(-c3c(Cl)cc(Cl)cc3Cl)c(=O)c2N=Nc2ccc(NS(=O)Oc3cc(S(=O)(=O)O)cc(S(=O)(=O)O)c3)cc2O)c(Cl)c1. The fourth-order valence-corrected chi connectivity index (χ4v) is 10.7. The summed E-state index contributed by atoms with van der Waals surface area (Å²) in [5, 5.41) is 24.7. The van der Waals surface area contributed by atoms with Crippen LogP contribution in [0.5, 0.6) is 11.5 Å². The number of H-pyrrole nitrogens is 1. The first-order valence-corrected chi connectivity index (χ1v) is 26.7. The number of aromatic hydroxyl groups is 1. The summed E-state index contributed by atoms with van der Waals surface area (Å²) in [6.45, 7) is 2.18. The first-order chi connectivity index (χ1) is 30.6. The number of aromatic nitrogens is 2. The minimum absolute atomic E-state index is 0.0103. The van der Waals surface area contributed by atoms with Crippen LogP contribution in [0.1, 0.15) is 71.1 Å². The molecule has 0 fully saturated rings. The van der Waals surface area contributed by atoms with Crippen LogP contribution in [0.15, 0.2) is 96.4 Å². The molecule has 1 unspecified atom stereocenters. The highest BCUT2D eigenvalue weighted by Gasteiger charge is 2.23. The average Bonchev–Trinajstić information content (AvgIpc) is 3.50. The molecular formula is C39H42Cl4N6O12S4. The molecule has 0 amide bonds. The molecule has 0 spiro atoms. The number of unbranched alkanes of at least 4 members (excludes halogenated alkanes) is 9. The number of azo groups is 1. The molecule has 0 saturated heterocycles. The van der Waals surface area contributed by atoms with Crippen molar-refractivity contribution in [2.24, 2.45) is 10.2 Å². The van der Waals surface area contributed by atoms with Gasteiger partial charge in [0.15, 0.2) is 21.3 Å². The molecule has 0 bridgehead atoms. The number of nitrogens with one attached hydrogen (secondary N) is 3. The van der Waals surface area contributed by atoms with Crippen molar-refractivity contribution in [3.05, 3.63) is 97.2 Å². The summed E-state index contributed by atoms with van der Waals surface area (Å²) in [5.41, 5.74) is -1.41. The summed E-state index contributed by atoms with van der Waals surface area (Å²) in [4.78, 5) is 12.0. The Bertz CT molecular complexity index is 2930. The molecule has 0 aliphatic heterocycles. The second-order valence-electron chi connectivity index (χ2n) is 14.4. The normalized spacial score (nSPS) is 12.7. The van der Waals surface area contributed by atoms with Crippen LogP contribution in [0, 0.1) is 0 Å². The third-order valence-electron chi connectivity index (χ3n) is 9.45. The van der Waals surface area contributed by atoms with Crippen molar-refractivity contribution < 1.29 is 47.9 Å². The van der Waals surface area contributed by atoms with Crippen molar-refractivity contribution in [3.63, 3.8) is 0 Å². The number of halogens is 4. The minimum atomic E-state index is -4.99. The molecule has 1 aromatic heterocycles. The Labute approximate surface area is 397 Å². The van der Waals surface area contributed by atoms with Crippen molar-refractivity contribution in [1.82, 2.24) is 9.78 Å². The Kier molecular flexibility index (Phi) is 17.9. The molecule has 0 saturated carbocycles. The topological polar surface area (TPSA) is 276 Å². The molecule has 18 nitrogen and oxygen atoms in total. The molecule has 1 atom stereocenters. The van der Waals surface area contributed by atoms with Crippen LogP contribution in [-0.4, -0.2) is 59.2 Å². The third kappa shape index (κ3) is 14.4. The predicted octanol–water partition coefficient (Wildman–Crippen LogP) is 10.9. The lowest BCUT2D eigenvalue weighted by Gasteiger charge is -2.11. The zero-order valence-corrected chi connectivity index (χ0v) is 40.4. The van der Waals surface area contributed by atoms with Gasteiger partial charge in [-0.3, -0.25) is 23.7 Å². The molecule has 352 valence electrons. The van der Waals surface area contributed by atoms with Crippen LogP contribution in [0.25, 0.3) is 5.69 Å². The molecule has 5 aromatic rings. The minimum Gasteiger partial charge on any atom is -0.506 e. The summed E-state index contributed by atoms with van der Waals surface area (Å²) in [6, 6.07) is 11.9. The van der Waals surface area contributed by atoms with Crippen LogP contribution in [0.3, 0.4) is 0 Å². The zero-order chi connectivity index (χ0) is 47.7. The van der Waals surface area contributed by atoms with E-state index >= 15 is 0 Å². The molecule has 26 heteroatoms. The van der Waals surface area contributed by atoms with Gasteiger partial charge in [0.05, 0.1) is 46.9 Å². The van der Waals surface area contributed by atoms with Gasteiger partial charge < -0.3 is 14.6 Å². The van der Waals surface area contributed by atoms with E-state index in [2.05, 4.69) is 32.3 Å². The quantitative estimate of drug-likeness (QED) is 0.0202. The number of nitrogens with zero attached hydrogens (tertiary/aromatic N) is 3. The highest BCUT2D eigenvalue weighted by atomic mass is 35.5. The lowest BCUT2D eigenvalue weighted by atomic mass is 10.1. The molecule has 6 N–H and O–H groups in total. The Balaban J connectivity index is 1.35. The van der Waals surface area contributed by atoms with Gasteiger partial charge >= 0.3 is 16.8 Å². The summed E-state index contributed by atoms with van der Waals surface area (Å²) in [5.74, 6) is -1.41. The van der Waals surface area contributed by atoms with E-state index in [-0.39, 0.29) is 59.3 Å². The van der Waals surface area contributed by atoms with E-state index in [1.54, 1.807) is 0 Å². The van der Waals surface area contributed by atoms with E-state index in [4.69, 9.17) is 50.6 Å². The van der Waals surface area contributed by atoms with Crippen molar-refractivity contribution in [3.8, 4) is 17.2 Å². The van der Waals surface area contributed by atoms with Crippen molar-refractivity contribution in [2.75, 3.05) is 15.8 Å². The molecule has 4 aromatic carbocycles. The summed E-state index contributed by atoms with van der Waals surface area (Å²) in [7, 11) is -13.7. The highest BCUT2D eigenvalue weighted by molar-refractivity contribution is 7.91. The number of anilines is 3. The van der Waals surface area contributed by atoms with Crippen LogP contribution in [0.4, 0.5) is 28.6 Å². The van der Waals surface area contributed by atoms with Crippen LogP contribution in [0.2, 0.25) is 20.1 Å². The first-order valence-electron chi connectivity index (χ1n) is 19.6. The van der Waals surface area contributed by atoms with Crippen LogP contribution in [-0.2, 0) is 41.3 Å². The Morgan fingerprint density at radius 1 is 0.723 bits per heavy atom. The van der Waals surface area contributed by atoms with E-state index < -0.39 is 73.9 Å². The standard InChI is InChI=1S/C39H42Cl4N6O12S4/c1-2-3-4-5-6-7-8-9-10-11-16-63(53,54)27-13-15-33(30(41)23-27)44-38-36(39(51)49(47-38)37-31(42)17-24(40)18-32(37)43)46-45-34-14-12-25(19-35(34)50)48-62(52)61-26-20-28(64(55,56)57)22-29(21-26)65(58,59)60/h12-15,17-23,44,47-48,50H,2-11,16H2,1H3,(H,55,56,57)(H,58,59,60). The van der Waals surface area contributed by atoms with Gasteiger partial charge in [-0.05, 0) is 55.0 Å². The van der Waals surface area contributed by atoms with Gasteiger partial charge in [0.2, 0.25) is 0 Å². The van der Waals surface area contributed by atoms with E-state index in [0.29, 0.717) is 24.6 Å². The monoisotopic (exact) mass is 1050 g/mol. The fraction of sp³-hybridized carbons (Fsp3) is 0.308. The number of rotatable bonds is 23. The number of sulfone groups is 1. The number of aromatic amines is 1. The van der Waals surface area contributed by atoms with Gasteiger partial charge in [-0.1, -0.05) is 111 Å². The van der Waals surface area contributed by atoms with E-state index in [1.165, 1.54) is 74.6 Å². The third-order valence-corrected chi connectivity index (χ3v) is 14.8. The molecule has 0 aliphatic carbocycles. The Morgan fingerprint density at radius 2 is 1.31 bits per heavy atom. The first kappa shape index (κ1) is 51.7. The number of benzene rings is 4. The fourth-order valence-electron chi connectivity index (χ4n) is 6.21. The maximum absolute atomic E-state index is 13.9. The number of phenolic OH excluding ortho intramolecular Hbond substituents is 1. The lowest BCUT2D eigenvalue weighted by Crippen LogP contribution is -2.15. The van der Waals surface area contributed by atoms with E-state index in [0.717, 1.165) is 36.4 Å². The number of hydrogen-bond acceptors (Lipinski definition) is 13. The van der Waals surface area contributed by atoms with Gasteiger partial charge in [0.25, 0.3) is 20.2 Å². The Hall–Kier alpha value is -4.23. The Morgan fingerprint density at radius 3 is 1.86 bits per heavy atom. The largest absolute Gasteiger partial charge is 0.506 e. The molecule has 0 radical (unpaired) electrons. The van der Waals surface area contributed by atoms with Crippen molar-refractivity contribution >= 4 is 116 Å². The maximum Gasteiger partial charge on any atom is 0.316 e. The maximum atomic E-state index is 13.9. The van der Waals surface area contributed by atoms with Gasteiger partial charge in [-0.2, -0.15) is 21.0 Å². The lowest BCUT2D eigenvalue weighted by molar-refractivity contribution is 0.475.